The summed E-state index contributed by atoms with van der Waals surface area (Å²) in [4.78, 5) is 7.28. The maximum Gasteiger partial charge on any atom is 0.333 e. The minimum absolute atomic E-state index is 0.0467. The van der Waals surface area contributed by atoms with E-state index in [4.69, 9.17) is 4.74 Å². The van der Waals surface area contributed by atoms with E-state index in [1.54, 1.807) is 11.8 Å². The minimum Gasteiger partial charge on any atom is -0.455 e. The lowest BCUT2D eigenvalue weighted by atomic mass is 9.45. The Morgan fingerprint density at radius 3 is 1.99 bits per heavy atom. The van der Waals surface area contributed by atoms with Crippen molar-refractivity contribution < 1.29 is 4.74 Å². The summed E-state index contributed by atoms with van der Waals surface area (Å²) in [7, 11) is 0. The molecule has 3 aliphatic heterocycles. The van der Waals surface area contributed by atoms with E-state index in [1.807, 2.05) is 0 Å². The van der Waals surface area contributed by atoms with Crippen LogP contribution in [0.4, 0.5) is 34.1 Å². The molecule has 0 radical (unpaired) electrons. The van der Waals surface area contributed by atoms with Crippen LogP contribution < -0.4 is 25.5 Å². The third-order valence-electron chi connectivity index (χ3n) is 15.3. The van der Waals surface area contributed by atoms with E-state index in [2.05, 4.69) is 250 Å². The average Bonchev–Trinajstić information content (AvgIpc) is 3.84. The second-order valence-electron chi connectivity index (χ2n) is 21.0. The van der Waals surface area contributed by atoms with E-state index < -0.39 is 0 Å². The van der Waals surface area contributed by atoms with Crippen molar-refractivity contribution in [2.24, 2.45) is 0 Å². The van der Waals surface area contributed by atoms with Gasteiger partial charge in [0.05, 0.1) is 15.5 Å². The molecule has 9 aromatic carbocycles. The van der Waals surface area contributed by atoms with E-state index in [-0.39, 0.29) is 17.7 Å². The highest BCUT2D eigenvalue weighted by atomic mass is 32.2. The summed E-state index contributed by atoms with van der Waals surface area (Å²) in [5.41, 5.74) is 23.2. The van der Waals surface area contributed by atoms with Crippen molar-refractivity contribution in [2.45, 2.75) is 62.2 Å². The van der Waals surface area contributed by atoms with Gasteiger partial charge in [-0.05, 0) is 136 Å². The van der Waals surface area contributed by atoms with E-state index in [9.17, 15) is 0 Å². The normalized spacial score (nSPS) is 14.3. The van der Waals surface area contributed by atoms with Gasteiger partial charge in [-0.2, -0.15) is 0 Å². The van der Waals surface area contributed by atoms with Crippen LogP contribution in [-0.2, 0) is 10.8 Å². The molecule has 10 aromatic rings. The van der Waals surface area contributed by atoms with Crippen molar-refractivity contribution in [3.8, 4) is 45.0 Å². The number of ether oxygens (including phenoxy) is 1. The number of benzene rings is 9. The van der Waals surface area contributed by atoms with Gasteiger partial charge in [0.15, 0.2) is 0 Å². The molecule has 0 fully saturated rings. The molecule has 0 amide bonds. The zero-order chi connectivity index (χ0) is 47.2. The molecular formula is C64H50BN3OS. The number of hydrogen-bond donors (Lipinski definition) is 0. The lowest BCUT2D eigenvalue weighted by molar-refractivity contribution is 0.455. The molecule has 0 atom stereocenters. The Labute approximate surface area is 414 Å². The maximum atomic E-state index is 6.96. The van der Waals surface area contributed by atoms with Gasteiger partial charge in [-0.15, -0.1) is 0 Å². The Hall–Kier alpha value is -7.67. The van der Waals surface area contributed by atoms with Crippen LogP contribution in [0.15, 0.2) is 204 Å². The van der Waals surface area contributed by atoms with E-state index in [1.165, 1.54) is 89.0 Å². The maximum absolute atomic E-state index is 6.96. The highest BCUT2D eigenvalue weighted by Gasteiger charge is 2.49. The largest absolute Gasteiger partial charge is 0.455 e. The molecule has 0 N–H and O–H groups in total. The molecule has 336 valence electrons. The van der Waals surface area contributed by atoms with Crippen molar-refractivity contribution in [3.63, 3.8) is 0 Å². The fourth-order valence-electron chi connectivity index (χ4n) is 12.2. The third-order valence-corrected chi connectivity index (χ3v) is 16.4. The topological polar surface area (TPSA) is 20.6 Å². The monoisotopic (exact) mass is 919 g/mol. The van der Waals surface area contributed by atoms with E-state index in [0.717, 1.165) is 44.0 Å². The van der Waals surface area contributed by atoms with Gasteiger partial charge in [0.2, 0.25) is 0 Å². The quantitative estimate of drug-likeness (QED) is 0.160. The second kappa shape index (κ2) is 14.9. The summed E-state index contributed by atoms with van der Waals surface area (Å²) < 4.78 is 9.71. The Kier molecular flexibility index (Phi) is 8.81. The predicted molar refractivity (Wildman–Crippen MR) is 294 cm³/mol. The third kappa shape index (κ3) is 5.93. The number of nitrogens with zero attached hydrogens (tertiary/aromatic N) is 3. The van der Waals surface area contributed by atoms with Crippen LogP contribution in [-0.4, -0.2) is 11.3 Å². The minimum atomic E-state index is -0.271. The van der Waals surface area contributed by atoms with Crippen molar-refractivity contribution in [1.82, 2.24) is 4.48 Å². The summed E-state index contributed by atoms with van der Waals surface area (Å²) in [6.45, 7) is 13.9. The molecular weight excluding hydrogens is 870 g/mol. The Bertz CT molecular complexity index is 3780. The number of aromatic nitrogens is 1. The summed E-state index contributed by atoms with van der Waals surface area (Å²) in [5, 5.41) is 1.29. The number of aryl methyl sites for hydroxylation is 1. The van der Waals surface area contributed by atoms with Crippen LogP contribution in [0.1, 0.15) is 56.9 Å². The van der Waals surface area contributed by atoms with Crippen molar-refractivity contribution in [3.05, 3.63) is 216 Å². The van der Waals surface area contributed by atoms with Crippen LogP contribution in [0.5, 0.6) is 11.5 Å². The summed E-state index contributed by atoms with van der Waals surface area (Å²) in [5.74, 6) is 1.80. The Morgan fingerprint density at radius 2 is 1.24 bits per heavy atom. The van der Waals surface area contributed by atoms with Gasteiger partial charge in [-0.1, -0.05) is 162 Å². The van der Waals surface area contributed by atoms with Crippen LogP contribution in [0.2, 0.25) is 0 Å². The van der Waals surface area contributed by atoms with Gasteiger partial charge in [0, 0.05) is 67.1 Å². The molecule has 0 spiro atoms. The first-order valence-corrected chi connectivity index (χ1v) is 25.3. The van der Waals surface area contributed by atoms with Crippen molar-refractivity contribution >= 4 is 74.6 Å². The van der Waals surface area contributed by atoms with Crippen LogP contribution in [0.25, 0.3) is 44.4 Å². The van der Waals surface area contributed by atoms with Gasteiger partial charge in [-0.3, -0.25) is 0 Å². The van der Waals surface area contributed by atoms with E-state index in [0.29, 0.717) is 0 Å². The highest BCUT2D eigenvalue weighted by Crippen LogP contribution is 2.58. The van der Waals surface area contributed by atoms with Crippen LogP contribution in [0.3, 0.4) is 0 Å². The predicted octanol–water partition coefficient (Wildman–Crippen LogP) is 16.4. The molecule has 6 heteroatoms. The fourth-order valence-corrected chi connectivity index (χ4v) is 13.2. The molecule has 0 bridgehead atoms. The molecule has 14 rings (SSSR count). The molecule has 4 aliphatic rings. The molecule has 1 aliphatic carbocycles. The second-order valence-corrected chi connectivity index (χ2v) is 22.1. The lowest BCUT2D eigenvalue weighted by Crippen LogP contribution is -2.57. The van der Waals surface area contributed by atoms with Gasteiger partial charge in [-0.25, -0.2) is 0 Å². The number of fused-ring (bicyclic) bond motifs is 11. The summed E-state index contributed by atoms with van der Waals surface area (Å²) in [6, 6.07) is 72.2. The van der Waals surface area contributed by atoms with Gasteiger partial charge < -0.3 is 19.0 Å². The Balaban J connectivity index is 1.13. The number of para-hydroxylation sites is 3. The fraction of sp³-hybridized carbons (Fsp3) is 0.125. The SMILES string of the molecule is Cc1cc2c3c(c1)N(c1ccc(C(C)(C)C)cc1-c1ccccc1)c1cc4c(cc1B3n1c3c(c5cc(N(c6ccccc6)c6ccccc6)cc-2c51)C(C)(C)c1ccccc1-3)Oc1ccccc1S4. The molecule has 70 heavy (non-hydrogen) atoms. The van der Waals surface area contributed by atoms with Crippen LogP contribution in [0, 0.1) is 6.92 Å². The highest BCUT2D eigenvalue weighted by molar-refractivity contribution is 7.99. The molecule has 0 saturated carbocycles. The first-order valence-electron chi connectivity index (χ1n) is 24.5. The molecule has 4 heterocycles. The summed E-state index contributed by atoms with van der Waals surface area (Å²) >= 11 is 1.80. The Morgan fingerprint density at radius 1 is 0.557 bits per heavy atom. The van der Waals surface area contributed by atoms with E-state index >= 15 is 0 Å². The molecule has 0 unspecified atom stereocenters. The lowest BCUT2D eigenvalue weighted by Gasteiger charge is -2.42. The standard InChI is InChI=1S/C64H50BN3OS/c1-39-32-47-48-35-44(66(42-22-12-8-13-23-42)43-24-14-9-15-25-43)36-49-59-62(45-26-16-17-27-50(45)64(59,5)6)68(61(48)49)65-51-37-56-58(70-57-29-19-18-28-55(57)69-56)38-53(51)67(54(33-39)60(47)65)52-31-30-41(63(2,3)4)34-46(52)40-20-10-7-11-21-40/h7-38H,1-6H3. The first-order chi connectivity index (χ1) is 34.0. The number of hydrogen-bond acceptors (Lipinski definition) is 4. The number of rotatable bonds is 5. The molecule has 4 nitrogen and oxygen atoms in total. The first kappa shape index (κ1) is 41.3. The van der Waals surface area contributed by atoms with Gasteiger partial charge in [0.25, 0.3) is 0 Å². The van der Waals surface area contributed by atoms with Crippen molar-refractivity contribution in [1.29, 1.82) is 0 Å². The smallest absolute Gasteiger partial charge is 0.333 e. The molecule has 1 aromatic heterocycles. The van der Waals surface area contributed by atoms with Crippen molar-refractivity contribution in [2.75, 3.05) is 9.80 Å². The van der Waals surface area contributed by atoms with Gasteiger partial charge in [0.1, 0.15) is 11.5 Å². The zero-order valence-electron chi connectivity index (χ0n) is 40.2. The average molecular weight is 920 g/mol. The van der Waals surface area contributed by atoms with Crippen LogP contribution >= 0.6 is 11.8 Å². The molecule has 0 saturated heterocycles. The summed E-state index contributed by atoms with van der Waals surface area (Å²) in [6.07, 6.45) is 0. The van der Waals surface area contributed by atoms with Gasteiger partial charge >= 0.3 is 6.85 Å². The zero-order valence-corrected chi connectivity index (χ0v) is 41.0. The number of anilines is 6.